The number of hydrazine groups is 1. The maximum Gasteiger partial charge on any atom is 0.414 e. The first-order valence-corrected chi connectivity index (χ1v) is 9.55. The highest BCUT2D eigenvalue weighted by Crippen LogP contribution is 2.24. The van der Waals surface area contributed by atoms with E-state index in [0.717, 1.165) is 11.4 Å². The van der Waals surface area contributed by atoms with Crippen LogP contribution in [0.1, 0.15) is 9.67 Å². The average Bonchev–Trinajstić information content (AvgIpc) is 3.26. The SMILES string of the molecule is NNCCNc1ccc(N2CC(CNC(=O)c3ccc(Cl)s3)OC2=O)cc1. The van der Waals surface area contributed by atoms with Gasteiger partial charge in [-0.3, -0.25) is 21.0 Å². The van der Waals surface area contributed by atoms with Crippen LogP contribution in [-0.2, 0) is 4.74 Å². The van der Waals surface area contributed by atoms with Gasteiger partial charge in [0.1, 0.15) is 6.10 Å². The van der Waals surface area contributed by atoms with Gasteiger partial charge in [0, 0.05) is 24.5 Å². The smallest absolute Gasteiger partial charge is 0.414 e. The van der Waals surface area contributed by atoms with Crippen LogP contribution in [0.15, 0.2) is 36.4 Å². The van der Waals surface area contributed by atoms with E-state index in [9.17, 15) is 9.59 Å². The molecule has 1 unspecified atom stereocenters. The summed E-state index contributed by atoms with van der Waals surface area (Å²) in [6.45, 7) is 1.95. The molecule has 0 bridgehead atoms. The van der Waals surface area contributed by atoms with E-state index in [1.54, 1.807) is 17.0 Å². The van der Waals surface area contributed by atoms with Gasteiger partial charge in [0.2, 0.25) is 0 Å². The summed E-state index contributed by atoms with van der Waals surface area (Å²) in [7, 11) is 0. The Balaban J connectivity index is 1.51. The van der Waals surface area contributed by atoms with Gasteiger partial charge in [-0.05, 0) is 36.4 Å². The zero-order valence-electron chi connectivity index (χ0n) is 14.4. The number of ether oxygens (including phenoxy) is 1. The van der Waals surface area contributed by atoms with E-state index in [1.165, 1.54) is 11.3 Å². The van der Waals surface area contributed by atoms with Crippen LogP contribution < -0.4 is 26.8 Å². The van der Waals surface area contributed by atoms with Crippen LogP contribution in [0.25, 0.3) is 0 Å². The molecule has 3 rings (SSSR count). The Kier molecular flexibility index (Phi) is 6.51. The summed E-state index contributed by atoms with van der Waals surface area (Å²) in [5.74, 6) is 4.99. The van der Waals surface area contributed by atoms with E-state index >= 15 is 0 Å². The molecule has 27 heavy (non-hydrogen) atoms. The van der Waals surface area contributed by atoms with Gasteiger partial charge in [0.15, 0.2) is 0 Å². The molecular formula is C17H20ClN5O3S. The molecular weight excluding hydrogens is 390 g/mol. The molecule has 1 fully saturated rings. The summed E-state index contributed by atoms with van der Waals surface area (Å²) in [4.78, 5) is 26.3. The molecule has 2 heterocycles. The number of carbonyl (C=O) groups is 2. The van der Waals surface area contributed by atoms with Crippen LogP contribution in [0.4, 0.5) is 16.2 Å². The number of amides is 2. The highest BCUT2D eigenvalue weighted by molar-refractivity contribution is 7.17. The Bertz CT molecular complexity index is 798. The molecule has 2 aromatic rings. The lowest BCUT2D eigenvalue weighted by Gasteiger charge is -2.14. The third-order valence-electron chi connectivity index (χ3n) is 3.94. The maximum atomic E-state index is 12.1. The molecule has 1 aliphatic rings. The van der Waals surface area contributed by atoms with Gasteiger partial charge in [-0.1, -0.05) is 11.6 Å². The fraction of sp³-hybridized carbons (Fsp3) is 0.294. The van der Waals surface area contributed by atoms with E-state index in [-0.39, 0.29) is 12.5 Å². The molecule has 1 saturated heterocycles. The Labute approximate surface area is 165 Å². The number of nitrogens with two attached hydrogens (primary N) is 1. The number of carbonyl (C=O) groups excluding carboxylic acids is 2. The summed E-state index contributed by atoms with van der Waals surface area (Å²) in [6, 6.07) is 10.8. The Hall–Kier alpha value is -2.33. The largest absolute Gasteiger partial charge is 0.442 e. The van der Waals surface area contributed by atoms with E-state index in [1.807, 2.05) is 24.3 Å². The minimum atomic E-state index is -0.429. The molecule has 2 amide bonds. The van der Waals surface area contributed by atoms with E-state index in [2.05, 4.69) is 16.1 Å². The van der Waals surface area contributed by atoms with Crippen molar-refractivity contribution < 1.29 is 14.3 Å². The number of hydrogen-bond donors (Lipinski definition) is 4. The summed E-state index contributed by atoms with van der Waals surface area (Å²) in [5, 5.41) is 5.97. The Morgan fingerprint density at radius 2 is 2.04 bits per heavy atom. The second kappa shape index (κ2) is 9.05. The van der Waals surface area contributed by atoms with Crippen molar-refractivity contribution in [1.29, 1.82) is 0 Å². The molecule has 1 aliphatic heterocycles. The molecule has 0 radical (unpaired) electrons. The quantitative estimate of drug-likeness (QED) is 0.302. The average molecular weight is 410 g/mol. The molecule has 5 N–H and O–H groups in total. The number of benzene rings is 1. The fourth-order valence-electron chi connectivity index (χ4n) is 2.61. The minimum absolute atomic E-state index is 0.233. The summed E-state index contributed by atoms with van der Waals surface area (Å²) in [5.41, 5.74) is 4.24. The van der Waals surface area contributed by atoms with Crippen molar-refractivity contribution in [2.45, 2.75) is 6.10 Å². The first-order valence-electron chi connectivity index (χ1n) is 8.36. The first-order chi connectivity index (χ1) is 13.1. The number of nitrogens with one attached hydrogen (secondary N) is 3. The van der Waals surface area contributed by atoms with Crippen molar-refractivity contribution in [3.8, 4) is 0 Å². The number of rotatable bonds is 8. The van der Waals surface area contributed by atoms with Crippen molar-refractivity contribution in [2.75, 3.05) is 36.4 Å². The number of thiophene rings is 1. The lowest BCUT2D eigenvalue weighted by molar-refractivity contribution is 0.0920. The molecule has 0 aliphatic carbocycles. The second-order valence-electron chi connectivity index (χ2n) is 5.86. The van der Waals surface area contributed by atoms with E-state index in [0.29, 0.717) is 28.8 Å². The highest BCUT2D eigenvalue weighted by atomic mass is 35.5. The summed E-state index contributed by atoms with van der Waals surface area (Å²) in [6.07, 6.45) is -0.841. The van der Waals surface area contributed by atoms with Crippen LogP contribution in [0.3, 0.4) is 0 Å². The third-order valence-corrected chi connectivity index (χ3v) is 5.17. The Morgan fingerprint density at radius 1 is 1.26 bits per heavy atom. The van der Waals surface area contributed by atoms with E-state index < -0.39 is 12.2 Å². The standard InChI is InChI=1S/C17H20ClN5O3S/c18-15-6-5-14(27-15)16(24)21-9-13-10-23(17(25)26-13)12-3-1-11(2-4-12)20-7-8-22-19/h1-6,13,20,22H,7-10,19H2,(H,21,24). The van der Waals surface area contributed by atoms with Crippen LogP contribution in [0.5, 0.6) is 0 Å². The number of anilines is 2. The summed E-state index contributed by atoms with van der Waals surface area (Å²) >= 11 is 7.04. The molecule has 1 aromatic heterocycles. The topological polar surface area (TPSA) is 109 Å². The van der Waals surface area contributed by atoms with Crippen LogP contribution in [-0.4, -0.2) is 44.3 Å². The normalized spacial score (nSPS) is 16.3. The van der Waals surface area contributed by atoms with Crippen LogP contribution >= 0.6 is 22.9 Å². The van der Waals surface area contributed by atoms with Crippen molar-refractivity contribution >= 4 is 46.3 Å². The molecule has 144 valence electrons. The van der Waals surface area contributed by atoms with Gasteiger partial charge in [-0.15, -0.1) is 11.3 Å². The number of halogens is 1. The van der Waals surface area contributed by atoms with Crippen molar-refractivity contribution in [3.05, 3.63) is 45.6 Å². The van der Waals surface area contributed by atoms with Crippen molar-refractivity contribution in [3.63, 3.8) is 0 Å². The minimum Gasteiger partial charge on any atom is -0.442 e. The number of hydrogen-bond acceptors (Lipinski definition) is 7. The number of nitrogens with zero attached hydrogens (tertiary/aromatic N) is 1. The predicted octanol–water partition coefficient (Wildman–Crippen LogP) is 2.03. The van der Waals surface area contributed by atoms with Crippen molar-refractivity contribution in [1.82, 2.24) is 10.7 Å². The van der Waals surface area contributed by atoms with Crippen molar-refractivity contribution in [2.24, 2.45) is 5.84 Å². The molecule has 0 spiro atoms. The first kappa shape index (κ1) is 19.4. The molecule has 1 aromatic carbocycles. The zero-order valence-corrected chi connectivity index (χ0v) is 16.0. The maximum absolute atomic E-state index is 12.1. The second-order valence-corrected chi connectivity index (χ2v) is 7.57. The molecule has 0 saturated carbocycles. The van der Waals surface area contributed by atoms with Gasteiger partial charge in [-0.25, -0.2) is 4.79 Å². The third kappa shape index (κ3) is 5.10. The van der Waals surface area contributed by atoms with Gasteiger partial charge >= 0.3 is 6.09 Å². The van der Waals surface area contributed by atoms with E-state index in [4.69, 9.17) is 22.2 Å². The van der Waals surface area contributed by atoms with Gasteiger partial charge < -0.3 is 15.4 Å². The molecule has 1 atom stereocenters. The van der Waals surface area contributed by atoms with Gasteiger partial charge in [-0.2, -0.15) is 0 Å². The zero-order chi connectivity index (χ0) is 19.2. The van der Waals surface area contributed by atoms with Crippen LogP contribution in [0.2, 0.25) is 4.34 Å². The molecule has 8 nitrogen and oxygen atoms in total. The van der Waals surface area contributed by atoms with Gasteiger partial charge in [0.25, 0.3) is 5.91 Å². The highest BCUT2D eigenvalue weighted by Gasteiger charge is 2.32. The van der Waals surface area contributed by atoms with Crippen LogP contribution in [0, 0.1) is 0 Å². The monoisotopic (exact) mass is 409 g/mol. The Morgan fingerprint density at radius 3 is 2.70 bits per heavy atom. The fourth-order valence-corrected chi connectivity index (χ4v) is 3.57. The predicted molar refractivity (Wildman–Crippen MR) is 106 cm³/mol. The lowest BCUT2D eigenvalue weighted by atomic mass is 10.2. The lowest BCUT2D eigenvalue weighted by Crippen LogP contribution is -2.34. The molecule has 10 heteroatoms. The van der Waals surface area contributed by atoms with Gasteiger partial charge in [0.05, 0.1) is 22.3 Å². The summed E-state index contributed by atoms with van der Waals surface area (Å²) < 4.78 is 5.89. The number of cyclic esters (lactones) is 1.